The molecule has 0 radical (unpaired) electrons. The predicted octanol–water partition coefficient (Wildman–Crippen LogP) is 2.37. The molecule has 0 aromatic heterocycles. The smallest absolute Gasteiger partial charge is 0.376 e. The van der Waals surface area contributed by atoms with Gasteiger partial charge >= 0.3 is 6.18 Å². The van der Waals surface area contributed by atoms with Crippen LogP contribution in [0, 0.1) is 12.3 Å². The lowest BCUT2D eigenvalue weighted by molar-refractivity contribution is -0.137. The first kappa shape index (κ1) is 10.6. The average molecular weight is 200 g/mol. The molecule has 1 rings (SSSR count). The van der Waals surface area contributed by atoms with Crippen LogP contribution in [-0.4, -0.2) is 5.11 Å². The molecule has 1 nitrogen and oxygen atoms in total. The summed E-state index contributed by atoms with van der Waals surface area (Å²) in [4.78, 5) is 0. The zero-order valence-electron chi connectivity index (χ0n) is 7.05. The summed E-state index contributed by atoms with van der Waals surface area (Å²) in [5.74, 6) is 2.01. The summed E-state index contributed by atoms with van der Waals surface area (Å²) >= 11 is 0. The minimum Gasteiger partial charge on any atom is -0.376 e. The van der Waals surface area contributed by atoms with Gasteiger partial charge in [-0.15, -0.1) is 6.42 Å². The van der Waals surface area contributed by atoms with Crippen LogP contribution in [0.2, 0.25) is 0 Å². The fraction of sp³-hybridized carbons (Fsp3) is 0.200. The third-order valence-corrected chi connectivity index (χ3v) is 1.71. The summed E-state index contributed by atoms with van der Waals surface area (Å²) in [6.07, 6.45) is -0.611. The van der Waals surface area contributed by atoms with Gasteiger partial charge in [-0.3, -0.25) is 0 Å². The van der Waals surface area contributed by atoms with Gasteiger partial charge in [0.25, 0.3) is 0 Å². The molecule has 0 aliphatic carbocycles. The minimum absolute atomic E-state index is 0.278. The molecule has 4 heteroatoms. The summed E-state index contributed by atoms with van der Waals surface area (Å²) < 4.78 is 36.3. The van der Waals surface area contributed by atoms with Gasteiger partial charge in [0.2, 0.25) is 0 Å². The van der Waals surface area contributed by atoms with Crippen molar-refractivity contribution in [2.24, 2.45) is 0 Å². The van der Waals surface area contributed by atoms with E-state index in [-0.39, 0.29) is 5.56 Å². The lowest BCUT2D eigenvalue weighted by atomic mass is 10.1. The predicted molar refractivity (Wildman–Crippen MR) is 45.2 cm³/mol. The van der Waals surface area contributed by atoms with Crippen LogP contribution in [0.15, 0.2) is 24.3 Å². The first-order valence-corrected chi connectivity index (χ1v) is 3.76. The molecule has 0 bridgehead atoms. The van der Waals surface area contributed by atoms with Crippen molar-refractivity contribution in [2.75, 3.05) is 0 Å². The van der Waals surface area contributed by atoms with Gasteiger partial charge in [0.1, 0.15) is 6.10 Å². The van der Waals surface area contributed by atoms with Gasteiger partial charge in [0, 0.05) is 0 Å². The van der Waals surface area contributed by atoms with Crippen LogP contribution < -0.4 is 0 Å². The molecule has 0 amide bonds. The molecule has 1 aromatic carbocycles. The summed E-state index contributed by atoms with van der Waals surface area (Å²) in [6, 6.07) is 4.09. The number of alkyl halides is 3. The Labute approximate surface area is 79.2 Å². The van der Waals surface area contributed by atoms with E-state index in [1.165, 1.54) is 0 Å². The maximum atomic E-state index is 12.1. The summed E-state index contributed by atoms with van der Waals surface area (Å²) in [5, 5.41) is 9.11. The molecule has 0 spiro atoms. The van der Waals surface area contributed by atoms with Crippen LogP contribution in [0.1, 0.15) is 17.2 Å². The van der Waals surface area contributed by atoms with Gasteiger partial charge in [-0.05, 0) is 17.7 Å². The Morgan fingerprint density at radius 1 is 1.21 bits per heavy atom. The van der Waals surface area contributed by atoms with Gasteiger partial charge in [-0.25, -0.2) is 0 Å². The van der Waals surface area contributed by atoms with E-state index in [9.17, 15) is 13.2 Å². The van der Waals surface area contributed by atoms with E-state index in [0.29, 0.717) is 0 Å². The number of aliphatic hydroxyl groups is 1. The van der Waals surface area contributed by atoms with E-state index in [1.807, 2.05) is 5.92 Å². The zero-order chi connectivity index (χ0) is 10.8. The fourth-order valence-electron chi connectivity index (χ4n) is 0.951. The van der Waals surface area contributed by atoms with Crippen LogP contribution >= 0.6 is 0 Å². The van der Waals surface area contributed by atoms with Crippen LogP contribution in [0.5, 0.6) is 0 Å². The number of aliphatic hydroxyl groups excluding tert-OH is 1. The molecular weight excluding hydrogens is 193 g/mol. The van der Waals surface area contributed by atoms with Gasteiger partial charge in [0.15, 0.2) is 0 Å². The molecule has 0 unspecified atom stereocenters. The van der Waals surface area contributed by atoms with Crippen molar-refractivity contribution in [1.82, 2.24) is 0 Å². The Kier molecular flexibility index (Phi) is 2.82. The van der Waals surface area contributed by atoms with Crippen molar-refractivity contribution in [3.8, 4) is 12.3 Å². The van der Waals surface area contributed by atoms with Crippen LogP contribution in [-0.2, 0) is 6.18 Å². The second-order valence-electron chi connectivity index (χ2n) is 2.69. The van der Waals surface area contributed by atoms with Gasteiger partial charge in [-0.1, -0.05) is 18.1 Å². The third-order valence-electron chi connectivity index (χ3n) is 1.71. The zero-order valence-corrected chi connectivity index (χ0v) is 7.05. The van der Waals surface area contributed by atoms with E-state index < -0.39 is 17.8 Å². The molecule has 74 valence electrons. The normalized spacial score (nSPS) is 13.4. The molecule has 0 fully saturated rings. The van der Waals surface area contributed by atoms with Crippen LogP contribution in [0.4, 0.5) is 13.2 Å². The molecule has 1 aromatic rings. The lowest BCUT2D eigenvalue weighted by Gasteiger charge is -2.08. The number of benzene rings is 1. The number of hydrogen-bond acceptors (Lipinski definition) is 1. The fourth-order valence-corrected chi connectivity index (χ4v) is 0.951. The average Bonchev–Trinajstić information content (AvgIpc) is 2.15. The van der Waals surface area contributed by atoms with Crippen LogP contribution in [0.25, 0.3) is 0 Å². The molecule has 1 N–H and O–H groups in total. The summed E-state index contributed by atoms with van der Waals surface area (Å²) in [7, 11) is 0. The maximum Gasteiger partial charge on any atom is 0.416 e. The molecule has 1 atom stereocenters. The van der Waals surface area contributed by atoms with Crippen molar-refractivity contribution in [3.05, 3.63) is 35.4 Å². The second kappa shape index (κ2) is 3.72. The Morgan fingerprint density at radius 2 is 1.71 bits per heavy atom. The highest BCUT2D eigenvalue weighted by Gasteiger charge is 2.30. The third kappa shape index (κ3) is 2.27. The second-order valence-corrected chi connectivity index (χ2v) is 2.69. The molecule has 0 aliphatic rings. The van der Waals surface area contributed by atoms with Crippen LogP contribution in [0.3, 0.4) is 0 Å². The van der Waals surface area contributed by atoms with E-state index in [1.54, 1.807) is 0 Å². The number of hydrogen-bond donors (Lipinski definition) is 1. The monoisotopic (exact) mass is 200 g/mol. The molecule has 0 saturated heterocycles. The Balaban J connectivity index is 2.96. The highest BCUT2D eigenvalue weighted by atomic mass is 19.4. The summed E-state index contributed by atoms with van der Waals surface area (Å²) in [5.41, 5.74) is -0.481. The lowest BCUT2D eigenvalue weighted by Crippen LogP contribution is -2.05. The van der Waals surface area contributed by atoms with Crippen molar-refractivity contribution in [2.45, 2.75) is 12.3 Å². The Morgan fingerprint density at radius 3 is 2.07 bits per heavy atom. The number of halogens is 3. The Bertz CT molecular complexity index is 345. The molecular formula is C10H7F3O. The van der Waals surface area contributed by atoms with E-state index >= 15 is 0 Å². The number of rotatable bonds is 1. The van der Waals surface area contributed by atoms with Gasteiger partial charge in [-0.2, -0.15) is 13.2 Å². The van der Waals surface area contributed by atoms with E-state index in [4.69, 9.17) is 11.5 Å². The number of terminal acetylenes is 1. The standard InChI is InChI=1S/C10H7F3O/c1-2-9(14)7-3-5-8(6-4-7)10(11,12)13/h1,3-6,9,14H/t9-/m1/s1. The topological polar surface area (TPSA) is 20.2 Å². The quantitative estimate of drug-likeness (QED) is 0.690. The maximum absolute atomic E-state index is 12.1. The van der Waals surface area contributed by atoms with E-state index in [2.05, 4.69) is 0 Å². The molecule has 0 saturated carbocycles. The van der Waals surface area contributed by atoms with E-state index in [0.717, 1.165) is 24.3 Å². The molecule has 14 heavy (non-hydrogen) atoms. The first-order valence-electron chi connectivity index (χ1n) is 3.76. The highest BCUT2D eigenvalue weighted by molar-refractivity contribution is 5.29. The van der Waals surface area contributed by atoms with Gasteiger partial charge in [0.05, 0.1) is 5.56 Å². The van der Waals surface area contributed by atoms with Gasteiger partial charge < -0.3 is 5.11 Å². The SMILES string of the molecule is C#C[C@@H](O)c1ccc(C(F)(F)F)cc1. The summed E-state index contributed by atoms with van der Waals surface area (Å²) in [6.45, 7) is 0. The van der Waals surface area contributed by atoms with Crippen molar-refractivity contribution < 1.29 is 18.3 Å². The Hall–Kier alpha value is -1.47. The first-order chi connectivity index (χ1) is 6.45. The molecule has 0 heterocycles. The molecule has 0 aliphatic heterocycles. The minimum atomic E-state index is -4.36. The highest BCUT2D eigenvalue weighted by Crippen LogP contribution is 2.29. The largest absolute Gasteiger partial charge is 0.416 e. The van der Waals surface area contributed by atoms with Crippen molar-refractivity contribution in [1.29, 1.82) is 0 Å². The van der Waals surface area contributed by atoms with Crippen molar-refractivity contribution in [3.63, 3.8) is 0 Å². The van der Waals surface area contributed by atoms with Crippen molar-refractivity contribution >= 4 is 0 Å².